The van der Waals surface area contributed by atoms with Gasteiger partial charge in [0.25, 0.3) is 5.89 Å². The van der Waals surface area contributed by atoms with E-state index in [1.807, 2.05) is 31.2 Å². The molecule has 2 heterocycles. The lowest BCUT2D eigenvalue weighted by Crippen LogP contribution is -2.33. The number of halogens is 1. The number of hydrogen-bond donors (Lipinski definition) is 1. The largest absolute Gasteiger partial charge is 0.378 e. The maximum atomic E-state index is 12.1. The van der Waals surface area contributed by atoms with Gasteiger partial charge < -0.3 is 14.6 Å². The van der Waals surface area contributed by atoms with Crippen LogP contribution in [0.5, 0.6) is 0 Å². The number of nitrogens with zero attached hydrogens (tertiary/aromatic N) is 2. The van der Waals surface area contributed by atoms with Gasteiger partial charge in [-0.2, -0.15) is 4.98 Å². The molecule has 2 aromatic rings. The second-order valence-corrected chi connectivity index (χ2v) is 6.13. The zero-order valence-electron chi connectivity index (χ0n) is 12.1. The summed E-state index contributed by atoms with van der Waals surface area (Å²) >= 11 is 3.40. The normalized spacial score (nSPS) is 21.0. The number of benzene rings is 1. The molecule has 116 valence electrons. The third kappa shape index (κ3) is 3.36. The van der Waals surface area contributed by atoms with E-state index in [0.717, 1.165) is 16.5 Å². The highest BCUT2D eigenvalue weighted by atomic mass is 79.9. The number of aromatic nitrogens is 2. The lowest BCUT2D eigenvalue weighted by Gasteiger charge is -2.12. The van der Waals surface area contributed by atoms with Crippen molar-refractivity contribution in [2.24, 2.45) is 5.92 Å². The topological polar surface area (TPSA) is 77.2 Å². The van der Waals surface area contributed by atoms with Gasteiger partial charge in [-0.15, -0.1) is 0 Å². The average molecular weight is 366 g/mol. The molecule has 0 radical (unpaired) electrons. The van der Waals surface area contributed by atoms with Crippen LogP contribution in [-0.2, 0) is 16.1 Å². The Bertz CT molecular complexity index is 674. The molecule has 1 N–H and O–H groups in total. The molecule has 2 atom stereocenters. The minimum Gasteiger partial charge on any atom is -0.378 e. The van der Waals surface area contributed by atoms with Gasteiger partial charge in [-0.05, 0) is 31.5 Å². The molecule has 0 bridgehead atoms. The second-order valence-electron chi connectivity index (χ2n) is 5.21. The van der Waals surface area contributed by atoms with Gasteiger partial charge in [-0.25, -0.2) is 0 Å². The fraction of sp³-hybridized carbons (Fsp3) is 0.400. The first-order valence-corrected chi connectivity index (χ1v) is 7.90. The van der Waals surface area contributed by atoms with E-state index in [1.165, 1.54) is 0 Å². The number of hydrogen-bond acceptors (Lipinski definition) is 5. The monoisotopic (exact) mass is 365 g/mol. The van der Waals surface area contributed by atoms with Gasteiger partial charge in [0.05, 0.1) is 18.6 Å². The fourth-order valence-corrected chi connectivity index (χ4v) is 2.84. The van der Waals surface area contributed by atoms with Crippen LogP contribution in [0.3, 0.4) is 0 Å². The Kier molecular flexibility index (Phi) is 4.54. The number of carbonyl (C=O) groups excluding carboxylic acids is 1. The van der Waals surface area contributed by atoms with E-state index in [2.05, 4.69) is 31.4 Å². The third-order valence-electron chi connectivity index (χ3n) is 3.67. The summed E-state index contributed by atoms with van der Waals surface area (Å²) < 4.78 is 11.6. The molecule has 1 aromatic heterocycles. The molecule has 2 unspecified atom stereocenters. The summed E-state index contributed by atoms with van der Waals surface area (Å²) in [6.45, 7) is 2.80. The van der Waals surface area contributed by atoms with Crippen LogP contribution in [0.25, 0.3) is 11.5 Å². The Morgan fingerprint density at radius 1 is 1.50 bits per heavy atom. The van der Waals surface area contributed by atoms with Gasteiger partial charge in [0, 0.05) is 16.6 Å². The molecule has 1 aromatic carbocycles. The molecule has 0 spiro atoms. The van der Waals surface area contributed by atoms with Gasteiger partial charge in [0.1, 0.15) is 0 Å². The Hall–Kier alpha value is -1.73. The molecular weight excluding hydrogens is 350 g/mol. The first-order valence-electron chi connectivity index (χ1n) is 7.11. The van der Waals surface area contributed by atoms with Crippen molar-refractivity contribution in [2.75, 3.05) is 6.61 Å². The van der Waals surface area contributed by atoms with E-state index in [1.54, 1.807) is 0 Å². The van der Waals surface area contributed by atoms with Gasteiger partial charge in [-0.3, -0.25) is 4.79 Å². The highest BCUT2D eigenvalue weighted by molar-refractivity contribution is 9.10. The van der Waals surface area contributed by atoms with Crippen molar-refractivity contribution in [1.29, 1.82) is 0 Å². The molecule has 0 saturated carbocycles. The number of nitrogens with one attached hydrogen (secondary N) is 1. The van der Waals surface area contributed by atoms with Crippen molar-refractivity contribution >= 4 is 21.8 Å². The van der Waals surface area contributed by atoms with E-state index >= 15 is 0 Å². The van der Waals surface area contributed by atoms with Gasteiger partial charge in [0.2, 0.25) is 5.91 Å². The zero-order valence-corrected chi connectivity index (χ0v) is 13.7. The van der Waals surface area contributed by atoms with E-state index in [4.69, 9.17) is 9.26 Å². The number of rotatable bonds is 4. The smallest absolute Gasteiger partial charge is 0.258 e. The molecular formula is C15H16BrN3O3. The second kappa shape index (κ2) is 6.58. The summed E-state index contributed by atoms with van der Waals surface area (Å²) in [6, 6.07) is 7.60. The SMILES string of the molecule is CC1OCCC1C(=O)NCc1noc(-c2cccc(Br)c2)n1. The van der Waals surface area contributed by atoms with E-state index in [0.29, 0.717) is 18.3 Å². The van der Waals surface area contributed by atoms with Gasteiger partial charge >= 0.3 is 0 Å². The summed E-state index contributed by atoms with van der Waals surface area (Å²) in [5, 5.41) is 6.73. The number of ether oxygens (including phenoxy) is 1. The number of carbonyl (C=O) groups is 1. The van der Waals surface area contributed by atoms with Crippen molar-refractivity contribution in [1.82, 2.24) is 15.5 Å². The molecule has 1 aliphatic rings. The Labute approximate surface area is 136 Å². The molecule has 1 saturated heterocycles. The van der Waals surface area contributed by atoms with Crippen LogP contribution in [0.4, 0.5) is 0 Å². The maximum absolute atomic E-state index is 12.1. The van der Waals surface area contributed by atoms with Crippen LogP contribution >= 0.6 is 15.9 Å². The van der Waals surface area contributed by atoms with Crippen molar-refractivity contribution in [3.8, 4) is 11.5 Å². The summed E-state index contributed by atoms with van der Waals surface area (Å²) in [7, 11) is 0. The predicted molar refractivity (Wildman–Crippen MR) is 82.8 cm³/mol. The van der Waals surface area contributed by atoms with Crippen molar-refractivity contribution in [3.63, 3.8) is 0 Å². The van der Waals surface area contributed by atoms with Crippen LogP contribution in [0.1, 0.15) is 19.2 Å². The van der Waals surface area contributed by atoms with Crippen molar-refractivity contribution in [2.45, 2.75) is 26.0 Å². The summed E-state index contributed by atoms with van der Waals surface area (Å²) in [4.78, 5) is 16.4. The molecule has 1 aliphatic heterocycles. The minimum absolute atomic E-state index is 0.0289. The summed E-state index contributed by atoms with van der Waals surface area (Å²) in [5.74, 6) is 0.758. The fourth-order valence-electron chi connectivity index (χ4n) is 2.44. The van der Waals surface area contributed by atoms with Crippen LogP contribution in [0, 0.1) is 5.92 Å². The lowest BCUT2D eigenvalue weighted by atomic mass is 10.0. The Balaban J connectivity index is 1.61. The highest BCUT2D eigenvalue weighted by Crippen LogP contribution is 2.22. The van der Waals surface area contributed by atoms with E-state index < -0.39 is 0 Å². The quantitative estimate of drug-likeness (QED) is 0.900. The minimum atomic E-state index is -0.101. The Morgan fingerprint density at radius 3 is 3.09 bits per heavy atom. The molecule has 7 heteroatoms. The molecule has 6 nitrogen and oxygen atoms in total. The van der Waals surface area contributed by atoms with Gasteiger partial charge in [0.15, 0.2) is 5.82 Å². The number of amides is 1. The summed E-state index contributed by atoms with van der Waals surface area (Å²) in [6.07, 6.45) is 0.713. The maximum Gasteiger partial charge on any atom is 0.258 e. The van der Waals surface area contributed by atoms with E-state index in [9.17, 15) is 4.79 Å². The van der Waals surface area contributed by atoms with E-state index in [-0.39, 0.29) is 24.5 Å². The lowest BCUT2D eigenvalue weighted by molar-refractivity contribution is -0.126. The first kappa shape index (κ1) is 15.2. The predicted octanol–water partition coefficient (Wildman–Crippen LogP) is 2.54. The first-order chi connectivity index (χ1) is 10.6. The highest BCUT2D eigenvalue weighted by Gasteiger charge is 2.30. The standard InChI is InChI=1S/C15H16BrN3O3/c1-9-12(5-6-21-9)14(20)17-8-13-18-15(22-19-13)10-3-2-4-11(16)7-10/h2-4,7,9,12H,5-6,8H2,1H3,(H,17,20). The Morgan fingerprint density at radius 2 is 2.36 bits per heavy atom. The molecule has 1 amide bonds. The van der Waals surface area contributed by atoms with Crippen LogP contribution in [0.15, 0.2) is 33.3 Å². The van der Waals surface area contributed by atoms with Crippen LogP contribution in [0.2, 0.25) is 0 Å². The average Bonchev–Trinajstić information content (AvgIpc) is 3.14. The van der Waals surface area contributed by atoms with Crippen LogP contribution < -0.4 is 5.32 Å². The molecule has 22 heavy (non-hydrogen) atoms. The molecule has 0 aliphatic carbocycles. The van der Waals surface area contributed by atoms with Crippen LogP contribution in [-0.4, -0.2) is 28.8 Å². The molecule has 1 fully saturated rings. The van der Waals surface area contributed by atoms with Gasteiger partial charge in [-0.1, -0.05) is 27.2 Å². The molecule has 3 rings (SSSR count). The third-order valence-corrected chi connectivity index (χ3v) is 4.17. The zero-order chi connectivity index (χ0) is 15.5. The van der Waals surface area contributed by atoms with Crippen molar-refractivity contribution in [3.05, 3.63) is 34.6 Å². The summed E-state index contributed by atoms with van der Waals surface area (Å²) in [5.41, 5.74) is 0.831. The van der Waals surface area contributed by atoms with Crippen molar-refractivity contribution < 1.29 is 14.1 Å².